The van der Waals surface area contributed by atoms with Crippen LogP contribution in [0.15, 0.2) is 18.2 Å². The smallest absolute Gasteiger partial charge is 0.347 e. The SMILES string of the molecule is CCC(C)(C)NC(=O)COC(=O)[C@@H](C)Oc1ccc(Cl)cc1Cl. The summed E-state index contributed by atoms with van der Waals surface area (Å²) in [5, 5.41) is 3.53. The molecular formula is C16H21Cl2NO4. The van der Waals surface area contributed by atoms with Gasteiger partial charge in [0.25, 0.3) is 5.91 Å². The molecule has 5 nitrogen and oxygen atoms in total. The van der Waals surface area contributed by atoms with E-state index in [2.05, 4.69) is 5.32 Å². The Morgan fingerprint density at radius 3 is 2.52 bits per heavy atom. The summed E-state index contributed by atoms with van der Waals surface area (Å²) in [6.07, 6.45) is -0.137. The lowest BCUT2D eigenvalue weighted by Gasteiger charge is -2.24. The summed E-state index contributed by atoms with van der Waals surface area (Å²) < 4.78 is 10.4. The molecule has 0 saturated carbocycles. The fourth-order valence-corrected chi connectivity index (χ4v) is 2.02. The molecule has 0 heterocycles. The number of carbonyl (C=O) groups is 2. The van der Waals surface area contributed by atoms with E-state index in [9.17, 15) is 9.59 Å². The van der Waals surface area contributed by atoms with Crippen molar-refractivity contribution in [2.45, 2.75) is 45.8 Å². The van der Waals surface area contributed by atoms with E-state index >= 15 is 0 Å². The summed E-state index contributed by atoms with van der Waals surface area (Å²) in [7, 11) is 0. The molecule has 1 N–H and O–H groups in total. The molecule has 1 atom stereocenters. The van der Waals surface area contributed by atoms with Crippen LogP contribution in [-0.4, -0.2) is 30.1 Å². The zero-order chi connectivity index (χ0) is 17.6. The van der Waals surface area contributed by atoms with Crippen LogP contribution in [-0.2, 0) is 14.3 Å². The van der Waals surface area contributed by atoms with Crippen LogP contribution in [0.1, 0.15) is 34.1 Å². The van der Waals surface area contributed by atoms with Gasteiger partial charge in [0.2, 0.25) is 0 Å². The average Bonchev–Trinajstić information content (AvgIpc) is 2.47. The lowest BCUT2D eigenvalue weighted by molar-refractivity contribution is -0.155. The summed E-state index contributed by atoms with van der Waals surface area (Å²) >= 11 is 11.8. The van der Waals surface area contributed by atoms with E-state index in [1.807, 2.05) is 20.8 Å². The van der Waals surface area contributed by atoms with Crippen LogP contribution in [0.3, 0.4) is 0 Å². The number of hydrogen-bond donors (Lipinski definition) is 1. The number of nitrogens with one attached hydrogen (secondary N) is 1. The maximum absolute atomic E-state index is 11.9. The summed E-state index contributed by atoms with van der Waals surface area (Å²) in [6.45, 7) is 6.89. The predicted molar refractivity (Wildman–Crippen MR) is 90.0 cm³/mol. The highest BCUT2D eigenvalue weighted by atomic mass is 35.5. The van der Waals surface area contributed by atoms with Crippen molar-refractivity contribution in [3.63, 3.8) is 0 Å². The minimum Gasteiger partial charge on any atom is -0.477 e. The molecule has 0 aromatic heterocycles. The van der Waals surface area contributed by atoms with Crippen molar-refractivity contribution in [3.8, 4) is 5.75 Å². The van der Waals surface area contributed by atoms with Gasteiger partial charge >= 0.3 is 5.97 Å². The van der Waals surface area contributed by atoms with E-state index in [4.69, 9.17) is 32.7 Å². The standard InChI is InChI=1S/C16H21Cl2NO4/c1-5-16(3,4)19-14(20)9-22-15(21)10(2)23-13-7-6-11(17)8-12(13)18/h6-8,10H,5,9H2,1-4H3,(H,19,20)/t10-/m1/s1. The molecule has 0 fully saturated rings. The first-order valence-corrected chi connectivity index (χ1v) is 7.99. The van der Waals surface area contributed by atoms with Gasteiger partial charge in [0.15, 0.2) is 12.7 Å². The molecule has 1 aromatic rings. The molecule has 0 bridgehead atoms. The summed E-state index contributed by atoms with van der Waals surface area (Å²) in [6, 6.07) is 4.67. The summed E-state index contributed by atoms with van der Waals surface area (Å²) in [5.74, 6) is -0.695. The van der Waals surface area contributed by atoms with Crippen LogP contribution in [0, 0.1) is 0 Å². The quantitative estimate of drug-likeness (QED) is 0.753. The normalized spacial score (nSPS) is 12.4. The molecule has 0 aliphatic carbocycles. The van der Waals surface area contributed by atoms with E-state index < -0.39 is 12.1 Å². The van der Waals surface area contributed by atoms with E-state index in [0.717, 1.165) is 6.42 Å². The van der Waals surface area contributed by atoms with Crippen molar-refractivity contribution in [1.82, 2.24) is 5.32 Å². The molecule has 0 aliphatic rings. The van der Waals surface area contributed by atoms with Gasteiger partial charge in [-0.15, -0.1) is 0 Å². The van der Waals surface area contributed by atoms with Gasteiger partial charge < -0.3 is 14.8 Å². The molecule has 0 saturated heterocycles. The van der Waals surface area contributed by atoms with E-state index in [-0.39, 0.29) is 18.1 Å². The Balaban J connectivity index is 2.50. The second kappa shape index (κ2) is 8.41. The van der Waals surface area contributed by atoms with Gasteiger partial charge in [0.05, 0.1) is 5.02 Å². The Morgan fingerprint density at radius 2 is 1.96 bits per heavy atom. The van der Waals surface area contributed by atoms with E-state index in [1.54, 1.807) is 12.1 Å². The highest BCUT2D eigenvalue weighted by molar-refractivity contribution is 6.35. The Kier molecular flexibility index (Phi) is 7.16. The van der Waals surface area contributed by atoms with Gasteiger partial charge in [-0.1, -0.05) is 30.1 Å². The van der Waals surface area contributed by atoms with Crippen molar-refractivity contribution in [2.75, 3.05) is 6.61 Å². The lowest BCUT2D eigenvalue weighted by Crippen LogP contribution is -2.45. The maximum Gasteiger partial charge on any atom is 0.347 e. The average molecular weight is 362 g/mol. The molecular weight excluding hydrogens is 341 g/mol. The van der Waals surface area contributed by atoms with Crippen LogP contribution in [0.2, 0.25) is 10.0 Å². The van der Waals surface area contributed by atoms with E-state index in [1.165, 1.54) is 13.0 Å². The van der Waals surface area contributed by atoms with Gasteiger partial charge in [0, 0.05) is 10.6 Å². The van der Waals surface area contributed by atoms with Crippen molar-refractivity contribution in [1.29, 1.82) is 0 Å². The Bertz CT molecular complexity index is 575. The highest BCUT2D eigenvalue weighted by Gasteiger charge is 2.21. The molecule has 1 amide bonds. The number of hydrogen-bond acceptors (Lipinski definition) is 4. The molecule has 1 aromatic carbocycles. The number of halogens is 2. The molecule has 0 unspecified atom stereocenters. The van der Waals surface area contributed by atoms with Gasteiger partial charge in [-0.05, 0) is 45.4 Å². The summed E-state index contributed by atoms with van der Waals surface area (Å²) in [5.41, 5.74) is -0.345. The van der Waals surface area contributed by atoms with Crippen molar-refractivity contribution < 1.29 is 19.1 Å². The Labute approximate surface area is 146 Å². The second-order valence-corrected chi connectivity index (χ2v) is 6.57. The molecule has 23 heavy (non-hydrogen) atoms. The fraction of sp³-hybridized carbons (Fsp3) is 0.500. The summed E-state index contributed by atoms with van der Waals surface area (Å²) in [4.78, 5) is 23.6. The van der Waals surface area contributed by atoms with Crippen LogP contribution in [0.4, 0.5) is 0 Å². The molecule has 0 aliphatic heterocycles. The van der Waals surface area contributed by atoms with Gasteiger partial charge in [-0.25, -0.2) is 4.79 Å². The Morgan fingerprint density at radius 1 is 1.30 bits per heavy atom. The third-order valence-corrected chi connectivity index (χ3v) is 3.77. The molecule has 1 rings (SSSR count). The number of esters is 1. The minimum absolute atomic E-state index is 0.291. The van der Waals surface area contributed by atoms with Gasteiger partial charge in [-0.3, -0.25) is 4.79 Å². The fourth-order valence-electron chi connectivity index (χ4n) is 1.57. The van der Waals surface area contributed by atoms with Crippen LogP contribution in [0.25, 0.3) is 0 Å². The number of amides is 1. The number of benzene rings is 1. The third-order valence-electron chi connectivity index (χ3n) is 3.24. The van der Waals surface area contributed by atoms with Crippen LogP contribution in [0.5, 0.6) is 5.75 Å². The number of ether oxygens (including phenoxy) is 2. The van der Waals surface area contributed by atoms with Gasteiger partial charge in [0.1, 0.15) is 5.75 Å². The number of rotatable bonds is 7. The lowest BCUT2D eigenvalue weighted by atomic mass is 10.0. The second-order valence-electron chi connectivity index (χ2n) is 5.73. The van der Waals surface area contributed by atoms with E-state index in [0.29, 0.717) is 15.8 Å². The largest absolute Gasteiger partial charge is 0.477 e. The van der Waals surface area contributed by atoms with Crippen LogP contribution < -0.4 is 10.1 Å². The Hall–Kier alpha value is -1.46. The minimum atomic E-state index is -0.902. The van der Waals surface area contributed by atoms with Crippen molar-refractivity contribution >= 4 is 35.1 Å². The third kappa shape index (κ3) is 6.67. The molecule has 0 radical (unpaired) electrons. The molecule has 7 heteroatoms. The predicted octanol–water partition coefficient (Wildman–Crippen LogP) is 3.61. The van der Waals surface area contributed by atoms with Crippen LogP contribution >= 0.6 is 23.2 Å². The zero-order valence-corrected chi connectivity index (χ0v) is 15.1. The maximum atomic E-state index is 11.9. The zero-order valence-electron chi connectivity index (χ0n) is 13.6. The molecule has 0 spiro atoms. The van der Waals surface area contributed by atoms with Gasteiger partial charge in [-0.2, -0.15) is 0 Å². The first kappa shape index (κ1) is 19.6. The van der Waals surface area contributed by atoms with Crippen molar-refractivity contribution in [2.24, 2.45) is 0 Å². The van der Waals surface area contributed by atoms with Crippen molar-refractivity contribution in [3.05, 3.63) is 28.2 Å². The monoisotopic (exact) mass is 361 g/mol. The highest BCUT2D eigenvalue weighted by Crippen LogP contribution is 2.28. The number of carbonyl (C=O) groups excluding carboxylic acids is 2. The first-order valence-electron chi connectivity index (χ1n) is 7.24. The topological polar surface area (TPSA) is 64.6 Å². The molecule has 128 valence electrons. The first-order chi connectivity index (χ1) is 10.6.